The highest BCUT2D eigenvalue weighted by molar-refractivity contribution is 7.92. The van der Waals surface area contributed by atoms with Crippen LogP contribution in [0.2, 0.25) is 0 Å². The van der Waals surface area contributed by atoms with Gasteiger partial charge < -0.3 is 15.0 Å². The van der Waals surface area contributed by atoms with Crippen molar-refractivity contribution < 1.29 is 22.7 Å². The minimum Gasteiger partial charge on any atom is -0.497 e. The van der Waals surface area contributed by atoms with Gasteiger partial charge in [0.25, 0.3) is 0 Å². The van der Waals surface area contributed by atoms with E-state index in [2.05, 4.69) is 5.32 Å². The third-order valence-electron chi connectivity index (χ3n) is 6.89. The van der Waals surface area contributed by atoms with Crippen LogP contribution in [0.3, 0.4) is 0 Å². The molecular formula is C32H41N3O5S. The van der Waals surface area contributed by atoms with E-state index in [4.69, 9.17) is 4.74 Å². The molecule has 0 spiro atoms. The average Bonchev–Trinajstić information content (AvgIpc) is 2.94. The third-order valence-corrected chi connectivity index (χ3v) is 8.07. The van der Waals surface area contributed by atoms with Gasteiger partial charge in [-0.2, -0.15) is 0 Å². The molecule has 220 valence electrons. The van der Waals surface area contributed by atoms with E-state index in [9.17, 15) is 18.0 Å². The monoisotopic (exact) mass is 579 g/mol. The first-order valence-corrected chi connectivity index (χ1v) is 15.7. The van der Waals surface area contributed by atoms with Gasteiger partial charge >= 0.3 is 0 Å². The maximum atomic E-state index is 13.9. The summed E-state index contributed by atoms with van der Waals surface area (Å²) in [4.78, 5) is 28.8. The molecule has 1 atom stereocenters. The van der Waals surface area contributed by atoms with Gasteiger partial charge in [-0.3, -0.25) is 13.9 Å². The van der Waals surface area contributed by atoms with Gasteiger partial charge in [-0.15, -0.1) is 0 Å². The van der Waals surface area contributed by atoms with Crippen molar-refractivity contribution in [1.82, 2.24) is 10.2 Å². The molecule has 1 N–H and O–H groups in total. The molecule has 0 radical (unpaired) electrons. The highest BCUT2D eigenvalue weighted by Crippen LogP contribution is 2.25. The van der Waals surface area contributed by atoms with Gasteiger partial charge in [0.15, 0.2) is 0 Å². The summed E-state index contributed by atoms with van der Waals surface area (Å²) >= 11 is 0. The van der Waals surface area contributed by atoms with Crippen molar-refractivity contribution in [2.75, 3.05) is 30.8 Å². The number of methoxy groups -OCH3 is 1. The minimum atomic E-state index is -3.58. The van der Waals surface area contributed by atoms with E-state index in [1.165, 1.54) is 10.6 Å². The molecule has 0 heterocycles. The normalized spacial score (nSPS) is 11.9. The van der Waals surface area contributed by atoms with Crippen LogP contribution in [0.5, 0.6) is 5.75 Å². The Labute approximate surface area is 244 Å². The number of benzene rings is 3. The summed E-state index contributed by atoms with van der Waals surface area (Å²) in [5.74, 6) is 0.194. The molecule has 3 aromatic rings. The molecule has 0 aliphatic heterocycles. The predicted octanol–water partition coefficient (Wildman–Crippen LogP) is 4.63. The van der Waals surface area contributed by atoms with Crippen LogP contribution in [0, 0.1) is 13.8 Å². The number of nitrogens with one attached hydrogen (secondary N) is 1. The molecule has 0 aliphatic rings. The molecule has 41 heavy (non-hydrogen) atoms. The van der Waals surface area contributed by atoms with Crippen LogP contribution in [0.4, 0.5) is 5.69 Å². The van der Waals surface area contributed by atoms with E-state index in [0.717, 1.165) is 22.3 Å². The molecule has 9 heteroatoms. The summed E-state index contributed by atoms with van der Waals surface area (Å²) < 4.78 is 32.2. The molecule has 0 saturated heterocycles. The number of carbonyl (C=O) groups is 2. The highest BCUT2D eigenvalue weighted by Gasteiger charge is 2.30. The van der Waals surface area contributed by atoms with Crippen LogP contribution < -0.4 is 14.4 Å². The Morgan fingerprint density at radius 1 is 0.951 bits per heavy atom. The van der Waals surface area contributed by atoms with E-state index in [1.54, 1.807) is 12.0 Å². The SMILES string of the molecule is CCNC(=O)[C@H](Cc1ccccc1)N(Cc1cccc(OC)c1)C(=O)CCCN(c1cc(C)ccc1C)S(C)(=O)=O. The Bertz CT molecular complexity index is 1430. The van der Waals surface area contributed by atoms with E-state index in [0.29, 0.717) is 30.8 Å². The van der Waals surface area contributed by atoms with Crippen LogP contribution in [0.15, 0.2) is 72.8 Å². The zero-order chi connectivity index (χ0) is 30.0. The number of hydrogen-bond donors (Lipinski definition) is 1. The first kappa shape index (κ1) is 31.7. The molecule has 0 unspecified atom stereocenters. The molecule has 0 bridgehead atoms. The van der Waals surface area contributed by atoms with Crippen molar-refractivity contribution in [2.24, 2.45) is 0 Å². The van der Waals surface area contributed by atoms with Crippen LogP contribution in [0.1, 0.15) is 42.0 Å². The quantitative estimate of drug-likeness (QED) is 0.300. The smallest absolute Gasteiger partial charge is 0.243 e. The Morgan fingerprint density at radius 3 is 2.32 bits per heavy atom. The number of sulfonamides is 1. The van der Waals surface area contributed by atoms with E-state index >= 15 is 0 Å². The second-order valence-corrected chi connectivity index (χ2v) is 12.1. The first-order valence-electron chi connectivity index (χ1n) is 13.8. The minimum absolute atomic E-state index is 0.0749. The number of likely N-dealkylation sites (N-methyl/N-ethyl adjacent to an activating group) is 1. The lowest BCUT2D eigenvalue weighted by atomic mass is 10.0. The van der Waals surface area contributed by atoms with Crippen molar-refractivity contribution in [3.05, 3.63) is 95.1 Å². The number of nitrogens with zero attached hydrogens (tertiary/aromatic N) is 2. The van der Waals surface area contributed by atoms with Crippen LogP contribution in [0.25, 0.3) is 0 Å². The number of aryl methyl sites for hydroxylation is 2. The fraction of sp³-hybridized carbons (Fsp3) is 0.375. The standard InChI is InChI=1S/C32H41N3O5S/c1-6-33-32(37)30(22-26-12-8-7-9-13-26)34(23-27-14-10-15-28(21-27)40-4)31(36)16-11-19-35(41(5,38)39)29-20-24(2)17-18-25(29)3/h7-10,12-15,17-18,20-21,30H,6,11,16,19,22-23H2,1-5H3,(H,33,37)/t30-/m0/s1. The van der Waals surface area contributed by atoms with Crippen molar-refractivity contribution in [2.45, 2.75) is 52.6 Å². The second kappa shape index (κ2) is 14.7. The molecule has 3 rings (SSSR count). The number of ether oxygens (including phenoxy) is 1. The van der Waals surface area contributed by atoms with E-state index in [1.807, 2.05) is 93.6 Å². The van der Waals surface area contributed by atoms with Gasteiger partial charge in [0, 0.05) is 32.5 Å². The lowest BCUT2D eigenvalue weighted by Crippen LogP contribution is -2.50. The summed E-state index contributed by atoms with van der Waals surface area (Å²) in [6, 6.07) is 22.0. The molecule has 2 amide bonds. The van der Waals surface area contributed by atoms with Gasteiger partial charge in [0.1, 0.15) is 11.8 Å². The molecule has 8 nitrogen and oxygen atoms in total. The molecular weight excluding hydrogens is 538 g/mol. The number of anilines is 1. The predicted molar refractivity (Wildman–Crippen MR) is 164 cm³/mol. The Kier molecular flexibility index (Phi) is 11.3. The van der Waals surface area contributed by atoms with Crippen LogP contribution in [-0.4, -0.2) is 57.6 Å². The van der Waals surface area contributed by atoms with Crippen molar-refractivity contribution in [1.29, 1.82) is 0 Å². The lowest BCUT2D eigenvalue weighted by molar-refractivity contribution is -0.141. The topological polar surface area (TPSA) is 96.0 Å². The van der Waals surface area contributed by atoms with Gasteiger partial charge in [0.05, 0.1) is 19.1 Å². The number of hydrogen-bond acceptors (Lipinski definition) is 5. The van der Waals surface area contributed by atoms with Crippen molar-refractivity contribution in [3.63, 3.8) is 0 Å². The number of carbonyl (C=O) groups excluding carboxylic acids is 2. The van der Waals surface area contributed by atoms with Crippen molar-refractivity contribution in [3.8, 4) is 5.75 Å². The summed E-state index contributed by atoms with van der Waals surface area (Å²) in [6.07, 6.45) is 1.89. The maximum absolute atomic E-state index is 13.9. The average molecular weight is 580 g/mol. The van der Waals surface area contributed by atoms with E-state index in [-0.39, 0.29) is 31.3 Å². The highest BCUT2D eigenvalue weighted by atomic mass is 32.2. The summed E-state index contributed by atoms with van der Waals surface area (Å²) in [7, 11) is -2.00. The zero-order valence-corrected chi connectivity index (χ0v) is 25.4. The van der Waals surface area contributed by atoms with Gasteiger partial charge in [-0.1, -0.05) is 54.6 Å². The van der Waals surface area contributed by atoms with E-state index < -0.39 is 16.1 Å². The molecule has 0 fully saturated rings. The van der Waals surface area contributed by atoms with Gasteiger partial charge in [-0.05, 0) is 67.6 Å². The third kappa shape index (κ3) is 9.08. The van der Waals surface area contributed by atoms with Gasteiger partial charge in [-0.25, -0.2) is 8.42 Å². The van der Waals surface area contributed by atoms with Crippen LogP contribution >= 0.6 is 0 Å². The first-order chi connectivity index (χ1) is 19.5. The van der Waals surface area contributed by atoms with Crippen LogP contribution in [-0.2, 0) is 32.6 Å². The van der Waals surface area contributed by atoms with Gasteiger partial charge in [0.2, 0.25) is 21.8 Å². The fourth-order valence-electron chi connectivity index (χ4n) is 4.78. The maximum Gasteiger partial charge on any atom is 0.243 e. The zero-order valence-electron chi connectivity index (χ0n) is 24.6. The molecule has 0 aromatic heterocycles. The fourth-order valence-corrected chi connectivity index (χ4v) is 5.80. The second-order valence-electron chi connectivity index (χ2n) is 10.2. The van der Waals surface area contributed by atoms with Crippen molar-refractivity contribution >= 4 is 27.5 Å². The Balaban J connectivity index is 1.90. The molecule has 0 saturated carbocycles. The Hall–Kier alpha value is -3.85. The lowest BCUT2D eigenvalue weighted by Gasteiger charge is -2.32. The molecule has 0 aliphatic carbocycles. The Morgan fingerprint density at radius 2 is 1.66 bits per heavy atom. The summed E-state index contributed by atoms with van der Waals surface area (Å²) in [5, 5.41) is 2.89. The number of amides is 2. The summed E-state index contributed by atoms with van der Waals surface area (Å²) in [6.45, 7) is 6.42. The number of rotatable bonds is 14. The molecule has 3 aromatic carbocycles. The largest absolute Gasteiger partial charge is 0.497 e. The summed E-state index contributed by atoms with van der Waals surface area (Å²) in [5.41, 5.74) is 4.16.